The fraction of sp³-hybridized carbons (Fsp3) is 0.276. The van der Waals surface area contributed by atoms with Crippen molar-refractivity contribution in [3.05, 3.63) is 83.9 Å². The number of carbonyl (C=O) groups excluding carboxylic acids is 3. The number of benzene rings is 3. The average Bonchev–Trinajstić information content (AvgIpc) is 3.04. The van der Waals surface area contributed by atoms with Crippen LogP contribution < -0.4 is 26.6 Å². The average molecular weight is 532 g/mol. The molecule has 4 rings (SSSR count). The third-order valence-corrected chi connectivity index (χ3v) is 7.43. The molecule has 0 saturated heterocycles. The van der Waals surface area contributed by atoms with Gasteiger partial charge in [0.1, 0.15) is 6.04 Å². The van der Waals surface area contributed by atoms with E-state index in [0.717, 1.165) is 32.8 Å². The molecule has 1 aliphatic rings. The summed E-state index contributed by atoms with van der Waals surface area (Å²) < 4.78 is 0. The fourth-order valence-electron chi connectivity index (χ4n) is 4.20. The van der Waals surface area contributed by atoms with Crippen LogP contribution >= 0.6 is 11.8 Å². The van der Waals surface area contributed by atoms with Gasteiger partial charge in [0.2, 0.25) is 5.91 Å². The van der Waals surface area contributed by atoms with Crippen LogP contribution in [0.25, 0.3) is 11.1 Å². The van der Waals surface area contributed by atoms with Crippen molar-refractivity contribution in [2.75, 3.05) is 17.7 Å². The molecule has 38 heavy (non-hydrogen) atoms. The first-order valence-electron chi connectivity index (χ1n) is 12.4. The number of amides is 4. The molecule has 0 unspecified atom stereocenters. The molecule has 4 amide bonds. The summed E-state index contributed by atoms with van der Waals surface area (Å²) in [6.07, 6.45) is 0. The zero-order valence-electron chi connectivity index (χ0n) is 21.8. The zero-order chi connectivity index (χ0) is 27.3. The highest BCUT2D eigenvalue weighted by molar-refractivity contribution is 7.99. The molecule has 0 spiro atoms. The number of nitrogens with zero attached hydrogens (tertiary/aromatic N) is 1. The van der Waals surface area contributed by atoms with Crippen molar-refractivity contribution < 1.29 is 14.4 Å². The number of nitrogens with one attached hydrogen (secondary N) is 3. The number of fused-ring (bicyclic) bond motifs is 1. The Kier molecular flexibility index (Phi) is 8.38. The quantitative estimate of drug-likeness (QED) is 0.371. The summed E-state index contributed by atoms with van der Waals surface area (Å²) in [5.74, 6) is -0.170. The van der Waals surface area contributed by atoms with Crippen molar-refractivity contribution in [2.24, 2.45) is 5.73 Å². The van der Waals surface area contributed by atoms with E-state index in [9.17, 15) is 14.4 Å². The number of carbonyl (C=O) groups is 3. The Morgan fingerprint density at radius 2 is 1.76 bits per heavy atom. The third-order valence-electron chi connectivity index (χ3n) is 6.28. The van der Waals surface area contributed by atoms with E-state index in [1.54, 1.807) is 25.8 Å². The lowest BCUT2D eigenvalue weighted by atomic mass is 9.97. The first-order chi connectivity index (χ1) is 18.2. The molecule has 1 aliphatic heterocycles. The Bertz CT molecular complexity index is 1320. The van der Waals surface area contributed by atoms with E-state index in [2.05, 4.69) is 16.0 Å². The maximum absolute atomic E-state index is 13.8. The smallest absolute Gasteiger partial charge is 0.314 e. The first-order valence-corrected chi connectivity index (χ1v) is 13.4. The van der Waals surface area contributed by atoms with Crippen LogP contribution in [-0.4, -0.2) is 42.2 Å². The lowest BCUT2D eigenvalue weighted by molar-refractivity contribution is -0.129. The van der Waals surface area contributed by atoms with E-state index in [4.69, 9.17) is 5.73 Å². The first kappa shape index (κ1) is 27.2. The third kappa shape index (κ3) is 6.35. The molecule has 1 heterocycles. The number of hydrogen-bond donors (Lipinski definition) is 4. The second-order valence-corrected chi connectivity index (χ2v) is 10.8. The predicted molar refractivity (Wildman–Crippen MR) is 152 cm³/mol. The fourth-order valence-corrected chi connectivity index (χ4v) is 5.27. The van der Waals surface area contributed by atoms with Crippen LogP contribution in [0.15, 0.2) is 77.7 Å². The minimum Gasteiger partial charge on any atom is -0.342 e. The van der Waals surface area contributed by atoms with E-state index in [-0.39, 0.29) is 17.8 Å². The molecule has 3 aromatic rings. The van der Waals surface area contributed by atoms with E-state index in [0.29, 0.717) is 18.8 Å². The number of rotatable bonds is 7. The van der Waals surface area contributed by atoms with Gasteiger partial charge in [-0.1, -0.05) is 60.7 Å². The van der Waals surface area contributed by atoms with Crippen LogP contribution in [0.1, 0.15) is 25.0 Å². The molecular weight excluding hydrogens is 498 g/mol. The Balaban J connectivity index is 1.68. The molecule has 5 N–H and O–H groups in total. The number of nitrogens with two attached hydrogens (primary N) is 1. The topological polar surface area (TPSA) is 117 Å². The number of anilines is 1. The molecule has 198 valence electrons. The molecule has 0 bridgehead atoms. The number of thioether (sulfide) groups is 1. The van der Waals surface area contributed by atoms with Crippen LogP contribution in [-0.2, 0) is 22.7 Å². The second-order valence-electron chi connectivity index (χ2n) is 9.74. The van der Waals surface area contributed by atoms with Crippen molar-refractivity contribution in [1.29, 1.82) is 0 Å². The van der Waals surface area contributed by atoms with Crippen molar-refractivity contribution in [3.8, 4) is 11.1 Å². The highest BCUT2D eigenvalue weighted by Crippen LogP contribution is 2.35. The van der Waals surface area contributed by atoms with E-state index < -0.39 is 11.6 Å². The monoisotopic (exact) mass is 531 g/mol. The van der Waals surface area contributed by atoms with Gasteiger partial charge in [-0.2, -0.15) is 0 Å². The van der Waals surface area contributed by atoms with Crippen LogP contribution in [0.2, 0.25) is 0 Å². The van der Waals surface area contributed by atoms with Gasteiger partial charge in [0, 0.05) is 24.2 Å². The number of urea groups is 1. The minimum absolute atomic E-state index is 0.197. The summed E-state index contributed by atoms with van der Waals surface area (Å²) in [6.45, 7) is 3.86. The van der Waals surface area contributed by atoms with Gasteiger partial charge in [-0.05, 0) is 48.2 Å². The SMILES string of the molecule is CNC(=O)NCc1cc(CN2C(=O)[C@H](NC(=O)C(C)(C)N)CSc3ccccc32)ccc1-c1ccccc1. The van der Waals surface area contributed by atoms with Gasteiger partial charge in [0.25, 0.3) is 5.91 Å². The Morgan fingerprint density at radius 1 is 1.05 bits per heavy atom. The Morgan fingerprint density at radius 3 is 2.47 bits per heavy atom. The Labute approximate surface area is 227 Å². The normalized spacial score (nSPS) is 15.3. The number of para-hydroxylation sites is 1. The lowest BCUT2D eigenvalue weighted by Gasteiger charge is -2.28. The molecule has 0 saturated carbocycles. The van der Waals surface area contributed by atoms with E-state index >= 15 is 0 Å². The van der Waals surface area contributed by atoms with E-state index in [1.165, 1.54) is 11.8 Å². The van der Waals surface area contributed by atoms with Gasteiger partial charge < -0.3 is 26.6 Å². The van der Waals surface area contributed by atoms with Crippen molar-refractivity contribution in [2.45, 2.75) is 43.4 Å². The molecular formula is C29H33N5O3S. The summed E-state index contributed by atoms with van der Waals surface area (Å²) in [6, 6.07) is 22.7. The molecule has 0 aliphatic carbocycles. The highest BCUT2D eigenvalue weighted by Gasteiger charge is 2.34. The second kappa shape index (κ2) is 11.7. The van der Waals surface area contributed by atoms with Crippen molar-refractivity contribution >= 4 is 35.3 Å². The van der Waals surface area contributed by atoms with Crippen LogP contribution in [0, 0.1) is 0 Å². The molecule has 0 aromatic heterocycles. The van der Waals surface area contributed by atoms with Crippen molar-refractivity contribution in [3.63, 3.8) is 0 Å². The molecule has 3 aromatic carbocycles. The van der Waals surface area contributed by atoms with E-state index in [1.807, 2.05) is 72.8 Å². The van der Waals surface area contributed by atoms with Gasteiger partial charge in [-0.15, -0.1) is 11.8 Å². The maximum Gasteiger partial charge on any atom is 0.314 e. The molecule has 0 fully saturated rings. The summed E-state index contributed by atoms with van der Waals surface area (Å²) in [4.78, 5) is 41.0. The molecule has 1 atom stereocenters. The predicted octanol–water partition coefficient (Wildman–Crippen LogP) is 3.64. The van der Waals surface area contributed by atoms with Gasteiger partial charge in [-0.3, -0.25) is 9.59 Å². The van der Waals surface area contributed by atoms with Crippen LogP contribution in [0.4, 0.5) is 10.5 Å². The standard InChI is InChI=1S/C29H33N5O3S/c1-29(2,30)27(36)33-23-18-38-25-12-8-7-11-24(25)34(26(23)35)17-19-13-14-22(20-9-5-4-6-10-20)21(15-19)16-32-28(37)31-3/h4-15,23H,16-18,30H2,1-3H3,(H,33,36)(H2,31,32,37)/t23-/m1/s1. The van der Waals surface area contributed by atoms with Crippen LogP contribution in [0.5, 0.6) is 0 Å². The largest absolute Gasteiger partial charge is 0.342 e. The van der Waals surface area contributed by atoms with Crippen molar-refractivity contribution in [1.82, 2.24) is 16.0 Å². The van der Waals surface area contributed by atoms with Gasteiger partial charge in [0.05, 0.1) is 17.8 Å². The summed E-state index contributed by atoms with van der Waals surface area (Å²) in [5.41, 5.74) is 9.54. The molecule has 8 nitrogen and oxygen atoms in total. The number of hydrogen-bond acceptors (Lipinski definition) is 5. The lowest BCUT2D eigenvalue weighted by Crippen LogP contribution is -2.56. The molecule has 9 heteroatoms. The minimum atomic E-state index is -1.10. The maximum atomic E-state index is 13.8. The van der Waals surface area contributed by atoms with Crippen LogP contribution in [0.3, 0.4) is 0 Å². The van der Waals surface area contributed by atoms with Gasteiger partial charge in [0.15, 0.2) is 0 Å². The highest BCUT2D eigenvalue weighted by atomic mass is 32.2. The zero-order valence-corrected chi connectivity index (χ0v) is 22.6. The van der Waals surface area contributed by atoms with Gasteiger partial charge >= 0.3 is 6.03 Å². The summed E-state index contributed by atoms with van der Waals surface area (Å²) in [5, 5.41) is 8.30. The Hall–Kier alpha value is -3.82. The molecule has 0 radical (unpaired) electrons. The summed E-state index contributed by atoms with van der Waals surface area (Å²) in [7, 11) is 1.57. The summed E-state index contributed by atoms with van der Waals surface area (Å²) >= 11 is 1.53. The van der Waals surface area contributed by atoms with Gasteiger partial charge in [-0.25, -0.2) is 4.79 Å².